The third-order valence-electron chi connectivity index (χ3n) is 3.42. The standard InChI is InChI=1S/C14H17NO4S/c1-10(13(16)15-8-4-5-9-15)20(19)12-7-3-2-6-11(12)14(17)18/h2-3,6-7,10H,4-5,8-9H2,1H3,(H,17,18). The maximum absolute atomic E-state index is 12.5. The predicted octanol–water partition coefficient (Wildman–Crippen LogP) is 1.50. The highest BCUT2D eigenvalue weighted by molar-refractivity contribution is 7.86. The van der Waals surface area contributed by atoms with Crippen molar-refractivity contribution in [2.75, 3.05) is 13.1 Å². The minimum atomic E-state index is -1.66. The van der Waals surface area contributed by atoms with Crippen molar-refractivity contribution in [3.63, 3.8) is 0 Å². The van der Waals surface area contributed by atoms with Crippen LogP contribution in [-0.4, -0.2) is 44.4 Å². The molecule has 1 fully saturated rings. The molecule has 1 aliphatic heterocycles. The number of carbonyl (C=O) groups is 2. The molecule has 1 amide bonds. The fraction of sp³-hybridized carbons (Fsp3) is 0.429. The molecule has 6 heteroatoms. The van der Waals surface area contributed by atoms with E-state index in [1.165, 1.54) is 12.1 Å². The van der Waals surface area contributed by atoms with Gasteiger partial charge in [0.05, 0.1) is 21.3 Å². The van der Waals surface area contributed by atoms with Crippen LogP contribution >= 0.6 is 0 Å². The van der Waals surface area contributed by atoms with Crippen LogP contribution in [0.15, 0.2) is 29.2 Å². The van der Waals surface area contributed by atoms with Crippen LogP contribution in [0.2, 0.25) is 0 Å². The second-order valence-electron chi connectivity index (χ2n) is 4.77. The van der Waals surface area contributed by atoms with E-state index in [4.69, 9.17) is 5.11 Å². The Morgan fingerprint density at radius 3 is 2.45 bits per heavy atom. The third kappa shape index (κ3) is 2.90. The molecule has 1 aromatic carbocycles. The number of hydrogen-bond donors (Lipinski definition) is 1. The molecule has 1 aromatic rings. The number of aromatic carboxylic acids is 1. The molecule has 0 saturated carbocycles. The first-order valence-electron chi connectivity index (χ1n) is 6.54. The first-order chi connectivity index (χ1) is 9.52. The lowest BCUT2D eigenvalue weighted by molar-refractivity contribution is -0.129. The van der Waals surface area contributed by atoms with Crippen molar-refractivity contribution >= 4 is 22.7 Å². The first kappa shape index (κ1) is 14.7. The third-order valence-corrected chi connectivity index (χ3v) is 5.05. The molecule has 0 aromatic heterocycles. The number of carboxylic acid groups (broad SMARTS) is 1. The molecule has 0 aliphatic carbocycles. The van der Waals surface area contributed by atoms with Crippen molar-refractivity contribution in [2.24, 2.45) is 0 Å². The van der Waals surface area contributed by atoms with Gasteiger partial charge in [0, 0.05) is 13.1 Å². The van der Waals surface area contributed by atoms with Crippen molar-refractivity contribution in [3.8, 4) is 0 Å². The smallest absolute Gasteiger partial charge is 0.336 e. The van der Waals surface area contributed by atoms with E-state index in [0.717, 1.165) is 12.8 Å². The molecular weight excluding hydrogens is 278 g/mol. The van der Waals surface area contributed by atoms with Crippen molar-refractivity contribution in [1.29, 1.82) is 0 Å². The predicted molar refractivity (Wildman–Crippen MR) is 75.1 cm³/mol. The van der Waals surface area contributed by atoms with Crippen LogP contribution in [-0.2, 0) is 15.6 Å². The van der Waals surface area contributed by atoms with E-state index < -0.39 is 22.0 Å². The maximum atomic E-state index is 12.5. The van der Waals surface area contributed by atoms with Gasteiger partial charge in [0.15, 0.2) is 0 Å². The lowest BCUT2D eigenvalue weighted by Crippen LogP contribution is -2.38. The summed E-state index contributed by atoms with van der Waals surface area (Å²) in [6, 6.07) is 6.12. The van der Waals surface area contributed by atoms with Gasteiger partial charge in [-0.2, -0.15) is 0 Å². The van der Waals surface area contributed by atoms with E-state index in [1.54, 1.807) is 24.0 Å². The highest BCUT2D eigenvalue weighted by atomic mass is 32.2. The maximum Gasteiger partial charge on any atom is 0.336 e. The number of carboxylic acids is 1. The molecule has 2 atom stereocenters. The molecule has 0 bridgehead atoms. The van der Waals surface area contributed by atoms with E-state index in [9.17, 15) is 13.8 Å². The van der Waals surface area contributed by atoms with Gasteiger partial charge in [0.1, 0.15) is 5.25 Å². The van der Waals surface area contributed by atoms with Crippen molar-refractivity contribution < 1.29 is 18.9 Å². The Morgan fingerprint density at radius 1 is 1.25 bits per heavy atom. The first-order valence-corrected chi connectivity index (χ1v) is 7.75. The van der Waals surface area contributed by atoms with Gasteiger partial charge in [-0.25, -0.2) is 4.79 Å². The second-order valence-corrected chi connectivity index (χ2v) is 6.52. The lowest BCUT2D eigenvalue weighted by Gasteiger charge is -2.20. The van der Waals surface area contributed by atoms with Crippen LogP contribution in [0.5, 0.6) is 0 Å². The molecular formula is C14H17NO4S. The Labute approximate surface area is 120 Å². The minimum Gasteiger partial charge on any atom is -0.478 e. The fourth-order valence-corrected chi connectivity index (χ4v) is 3.59. The SMILES string of the molecule is CC(C(=O)N1CCCC1)S(=O)c1ccccc1C(=O)O. The zero-order valence-corrected chi connectivity index (χ0v) is 12.1. The van der Waals surface area contributed by atoms with Crippen LogP contribution in [0.25, 0.3) is 0 Å². The summed E-state index contributed by atoms with van der Waals surface area (Å²) in [6.45, 7) is 2.98. The highest BCUT2D eigenvalue weighted by Gasteiger charge is 2.29. The van der Waals surface area contributed by atoms with Crippen molar-refractivity contribution in [3.05, 3.63) is 29.8 Å². The number of likely N-dealkylation sites (tertiary alicyclic amines) is 1. The number of hydrogen-bond acceptors (Lipinski definition) is 3. The quantitative estimate of drug-likeness (QED) is 0.913. The highest BCUT2D eigenvalue weighted by Crippen LogP contribution is 2.19. The van der Waals surface area contributed by atoms with Gasteiger partial charge < -0.3 is 10.0 Å². The van der Waals surface area contributed by atoms with Crippen LogP contribution in [0.3, 0.4) is 0 Å². The lowest BCUT2D eigenvalue weighted by atomic mass is 10.2. The van der Waals surface area contributed by atoms with Gasteiger partial charge in [-0.15, -0.1) is 0 Å². The topological polar surface area (TPSA) is 74.7 Å². The number of rotatable bonds is 4. The second kappa shape index (κ2) is 6.17. The Hall–Kier alpha value is -1.69. The molecule has 20 heavy (non-hydrogen) atoms. The Morgan fingerprint density at radius 2 is 1.85 bits per heavy atom. The Bertz CT molecular complexity index is 552. The molecule has 108 valence electrons. The summed E-state index contributed by atoms with van der Waals surface area (Å²) >= 11 is 0. The molecule has 1 saturated heterocycles. The summed E-state index contributed by atoms with van der Waals surface area (Å²) in [7, 11) is -1.66. The molecule has 0 radical (unpaired) electrons. The van der Waals surface area contributed by atoms with Gasteiger partial charge in [0.25, 0.3) is 0 Å². The average Bonchev–Trinajstić information content (AvgIpc) is 2.99. The van der Waals surface area contributed by atoms with Crippen LogP contribution in [0, 0.1) is 0 Å². The monoisotopic (exact) mass is 295 g/mol. The summed E-state index contributed by atoms with van der Waals surface area (Å²) in [5, 5.41) is 8.39. The molecule has 2 rings (SSSR count). The average molecular weight is 295 g/mol. The molecule has 1 heterocycles. The zero-order chi connectivity index (χ0) is 14.7. The van der Waals surface area contributed by atoms with Gasteiger partial charge in [0.2, 0.25) is 5.91 Å². The summed E-state index contributed by atoms with van der Waals surface area (Å²) < 4.78 is 12.5. The molecule has 1 aliphatic rings. The van der Waals surface area contributed by atoms with E-state index in [2.05, 4.69) is 0 Å². The van der Waals surface area contributed by atoms with Gasteiger partial charge in [-0.1, -0.05) is 12.1 Å². The van der Waals surface area contributed by atoms with Crippen molar-refractivity contribution in [1.82, 2.24) is 4.90 Å². The van der Waals surface area contributed by atoms with Gasteiger partial charge in [-0.05, 0) is 31.9 Å². The number of carbonyl (C=O) groups excluding carboxylic acids is 1. The molecule has 2 unspecified atom stereocenters. The summed E-state index contributed by atoms with van der Waals surface area (Å²) in [4.78, 5) is 25.3. The van der Waals surface area contributed by atoms with E-state index in [0.29, 0.717) is 13.1 Å². The molecule has 0 spiro atoms. The van der Waals surface area contributed by atoms with Crippen molar-refractivity contribution in [2.45, 2.75) is 29.9 Å². The van der Waals surface area contributed by atoms with Gasteiger partial charge in [-0.3, -0.25) is 9.00 Å². The largest absolute Gasteiger partial charge is 0.478 e. The zero-order valence-electron chi connectivity index (χ0n) is 11.2. The molecule has 1 N–H and O–H groups in total. The summed E-state index contributed by atoms with van der Waals surface area (Å²) in [6.07, 6.45) is 1.94. The van der Waals surface area contributed by atoms with Crippen LogP contribution < -0.4 is 0 Å². The number of benzene rings is 1. The Kier molecular flexibility index (Phi) is 4.54. The van der Waals surface area contributed by atoms with E-state index in [1.807, 2.05) is 0 Å². The van der Waals surface area contributed by atoms with E-state index >= 15 is 0 Å². The summed E-state index contributed by atoms with van der Waals surface area (Å²) in [5.41, 5.74) is -0.00750. The normalized spacial score (nSPS) is 17.8. The fourth-order valence-electron chi connectivity index (χ4n) is 2.30. The molecule has 5 nitrogen and oxygen atoms in total. The van der Waals surface area contributed by atoms with Crippen LogP contribution in [0.1, 0.15) is 30.1 Å². The van der Waals surface area contributed by atoms with Gasteiger partial charge >= 0.3 is 5.97 Å². The van der Waals surface area contributed by atoms with Crippen LogP contribution in [0.4, 0.5) is 0 Å². The Balaban J connectivity index is 2.22. The number of nitrogens with zero attached hydrogens (tertiary/aromatic N) is 1. The summed E-state index contributed by atoms with van der Waals surface area (Å²) in [5.74, 6) is -1.30. The number of amides is 1. The van der Waals surface area contributed by atoms with E-state index in [-0.39, 0.29) is 16.4 Å². The minimum absolute atomic E-state index is 0.00750.